The molecule has 0 bridgehead atoms. The van der Waals surface area contributed by atoms with Gasteiger partial charge in [-0.25, -0.2) is 9.18 Å². The van der Waals surface area contributed by atoms with Crippen LogP contribution < -0.4 is 16.0 Å². The maximum Gasteiger partial charge on any atom is 0.319 e. The van der Waals surface area contributed by atoms with Crippen LogP contribution in [-0.4, -0.2) is 25.7 Å². The minimum Gasteiger partial charge on any atom is -0.337 e. The van der Waals surface area contributed by atoms with Crippen LogP contribution in [0.5, 0.6) is 0 Å². The van der Waals surface area contributed by atoms with Gasteiger partial charge in [0.2, 0.25) is 0 Å². The van der Waals surface area contributed by atoms with E-state index >= 15 is 0 Å². The van der Waals surface area contributed by atoms with Crippen molar-refractivity contribution in [3.63, 3.8) is 0 Å². The predicted molar refractivity (Wildman–Crippen MR) is 73.6 cm³/mol. The number of amides is 2. The maximum atomic E-state index is 13.4. The van der Waals surface area contributed by atoms with Gasteiger partial charge >= 0.3 is 6.03 Å². The predicted octanol–water partition coefficient (Wildman–Crippen LogP) is 2.34. The number of piperidine rings is 1. The van der Waals surface area contributed by atoms with Gasteiger partial charge in [0, 0.05) is 6.54 Å². The first kappa shape index (κ1) is 13.8. The summed E-state index contributed by atoms with van der Waals surface area (Å²) in [6.07, 6.45) is 2.07. The molecule has 1 aliphatic heterocycles. The Hall–Kier alpha value is -1.62. The number of hydrogen-bond donors (Lipinski definition) is 3. The summed E-state index contributed by atoms with van der Waals surface area (Å²) in [6, 6.07) is 5.79. The molecule has 1 heterocycles. The molecule has 3 N–H and O–H groups in total. The number of urea groups is 1. The third-order valence-electron chi connectivity index (χ3n) is 3.61. The van der Waals surface area contributed by atoms with E-state index in [-0.39, 0.29) is 17.1 Å². The molecule has 0 atom stereocenters. The molecule has 19 heavy (non-hydrogen) atoms. The van der Waals surface area contributed by atoms with E-state index < -0.39 is 5.82 Å². The quantitative estimate of drug-likeness (QED) is 0.785. The van der Waals surface area contributed by atoms with Crippen LogP contribution in [0.4, 0.5) is 14.9 Å². The molecule has 1 aromatic rings. The van der Waals surface area contributed by atoms with Crippen molar-refractivity contribution in [1.82, 2.24) is 10.6 Å². The zero-order chi connectivity index (χ0) is 13.7. The zero-order valence-electron chi connectivity index (χ0n) is 11.1. The molecule has 1 saturated heterocycles. The van der Waals surface area contributed by atoms with Crippen LogP contribution in [-0.2, 0) is 0 Å². The first-order chi connectivity index (χ1) is 9.09. The highest BCUT2D eigenvalue weighted by Gasteiger charge is 2.26. The van der Waals surface area contributed by atoms with Crippen molar-refractivity contribution < 1.29 is 9.18 Å². The van der Waals surface area contributed by atoms with E-state index in [4.69, 9.17) is 0 Å². The minimum atomic E-state index is -0.425. The molecule has 0 spiro atoms. The van der Waals surface area contributed by atoms with Crippen LogP contribution in [0.15, 0.2) is 24.3 Å². The molecule has 1 aromatic carbocycles. The van der Waals surface area contributed by atoms with E-state index in [9.17, 15) is 9.18 Å². The van der Waals surface area contributed by atoms with Crippen molar-refractivity contribution in [3.8, 4) is 0 Å². The Balaban J connectivity index is 1.83. The van der Waals surface area contributed by atoms with Crippen molar-refractivity contribution in [2.45, 2.75) is 19.8 Å². The lowest BCUT2D eigenvalue weighted by Gasteiger charge is -2.34. The summed E-state index contributed by atoms with van der Waals surface area (Å²) in [7, 11) is 0. The lowest BCUT2D eigenvalue weighted by molar-refractivity contribution is 0.213. The van der Waals surface area contributed by atoms with E-state index in [2.05, 4.69) is 22.9 Å². The molecular formula is C14H20FN3O. The van der Waals surface area contributed by atoms with Crippen LogP contribution in [0.3, 0.4) is 0 Å². The molecule has 1 fully saturated rings. The zero-order valence-corrected chi connectivity index (χ0v) is 11.1. The smallest absolute Gasteiger partial charge is 0.319 e. The Morgan fingerprint density at radius 2 is 2.05 bits per heavy atom. The Morgan fingerprint density at radius 1 is 1.37 bits per heavy atom. The summed E-state index contributed by atoms with van der Waals surface area (Å²) < 4.78 is 13.4. The summed E-state index contributed by atoms with van der Waals surface area (Å²) >= 11 is 0. The van der Waals surface area contributed by atoms with E-state index in [1.807, 2.05) is 0 Å². The van der Waals surface area contributed by atoms with Crippen molar-refractivity contribution >= 4 is 11.7 Å². The number of nitrogens with one attached hydrogen (secondary N) is 3. The SMILES string of the molecule is CC1(CNC(=O)Nc2ccccc2F)CCNCC1. The molecule has 5 heteroatoms. The summed E-state index contributed by atoms with van der Waals surface area (Å²) in [4.78, 5) is 11.7. The first-order valence-corrected chi connectivity index (χ1v) is 6.59. The largest absolute Gasteiger partial charge is 0.337 e. The van der Waals surface area contributed by atoms with E-state index in [0.717, 1.165) is 25.9 Å². The number of anilines is 1. The number of halogens is 1. The van der Waals surface area contributed by atoms with Crippen LogP contribution in [0.1, 0.15) is 19.8 Å². The molecule has 0 saturated carbocycles. The van der Waals surface area contributed by atoms with Gasteiger partial charge in [-0.15, -0.1) is 0 Å². The van der Waals surface area contributed by atoms with Crippen LogP contribution in [0, 0.1) is 11.2 Å². The highest BCUT2D eigenvalue weighted by atomic mass is 19.1. The van der Waals surface area contributed by atoms with Gasteiger partial charge in [-0.2, -0.15) is 0 Å². The third kappa shape index (κ3) is 3.92. The van der Waals surface area contributed by atoms with Crippen molar-refractivity contribution in [2.75, 3.05) is 25.0 Å². The fourth-order valence-electron chi connectivity index (χ4n) is 2.23. The van der Waals surface area contributed by atoms with Gasteiger partial charge in [-0.05, 0) is 43.5 Å². The summed E-state index contributed by atoms with van der Waals surface area (Å²) in [5, 5.41) is 8.65. The summed E-state index contributed by atoms with van der Waals surface area (Å²) in [5.74, 6) is -0.425. The van der Waals surface area contributed by atoms with E-state index in [0.29, 0.717) is 6.54 Å². The molecular weight excluding hydrogens is 245 g/mol. The maximum absolute atomic E-state index is 13.4. The average Bonchev–Trinajstić information content (AvgIpc) is 2.40. The Morgan fingerprint density at radius 3 is 2.74 bits per heavy atom. The number of benzene rings is 1. The normalized spacial score (nSPS) is 17.8. The molecule has 2 amide bonds. The standard InChI is InChI=1S/C14H20FN3O/c1-14(6-8-16-9-7-14)10-17-13(19)18-12-5-3-2-4-11(12)15/h2-5,16H,6-10H2,1H3,(H2,17,18,19). The van der Waals surface area contributed by atoms with Gasteiger partial charge in [0.1, 0.15) is 5.82 Å². The fourth-order valence-corrected chi connectivity index (χ4v) is 2.23. The second-order valence-electron chi connectivity index (χ2n) is 5.35. The molecule has 0 aliphatic carbocycles. The average molecular weight is 265 g/mol. The van der Waals surface area contributed by atoms with Gasteiger partial charge in [0.25, 0.3) is 0 Å². The number of carbonyl (C=O) groups is 1. The molecule has 1 aliphatic rings. The Bertz CT molecular complexity index is 444. The van der Waals surface area contributed by atoms with Gasteiger partial charge in [0.15, 0.2) is 0 Å². The number of rotatable bonds is 3. The number of para-hydroxylation sites is 1. The highest BCUT2D eigenvalue weighted by molar-refractivity contribution is 5.89. The van der Waals surface area contributed by atoms with Gasteiger partial charge in [-0.1, -0.05) is 19.1 Å². The molecule has 0 unspecified atom stereocenters. The minimum absolute atomic E-state index is 0.123. The lowest BCUT2D eigenvalue weighted by atomic mass is 9.81. The van der Waals surface area contributed by atoms with Crippen LogP contribution in [0.25, 0.3) is 0 Å². The van der Waals surface area contributed by atoms with Crippen molar-refractivity contribution in [1.29, 1.82) is 0 Å². The summed E-state index contributed by atoms with van der Waals surface area (Å²) in [6.45, 7) is 4.73. The second-order valence-corrected chi connectivity index (χ2v) is 5.35. The number of carbonyl (C=O) groups excluding carboxylic acids is 1. The highest BCUT2D eigenvalue weighted by Crippen LogP contribution is 2.26. The topological polar surface area (TPSA) is 53.2 Å². The van der Waals surface area contributed by atoms with Crippen molar-refractivity contribution in [2.24, 2.45) is 5.41 Å². The van der Waals surface area contributed by atoms with Crippen LogP contribution in [0.2, 0.25) is 0 Å². The molecule has 4 nitrogen and oxygen atoms in total. The van der Waals surface area contributed by atoms with Gasteiger partial charge in [-0.3, -0.25) is 0 Å². The first-order valence-electron chi connectivity index (χ1n) is 6.59. The Kier molecular flexibility index (Phi) is 4.37. The molecule has 2 rings (SSSR count). The fraction of sp³-hybridized carbons (Fsp3) is 0.500. The monoisotopic (exact) mass is 265 g/mol. The third-order valence-corrected chi connectivity index (χ3v) is 3.61. The Labute approximate surface area is 112 Å². The molecule has 0 radical (unpaired) electrons. The van der Waals surface area contributed by atoms with Gasteiger partial charge in [0.05, 0.1) is 5.69 Å². The molecule has 0 aromatic heterocycles. The molecule has 104 valence electrons. The lowest BCUT2D eigenvalue weighted by Crippen LogP contribution is -2.44. The van der Waals surface area contributed by atoms with E-state index in [1.165, 1.54) is 6.07 Å². The van der Waals surface area contributed by atoms with Gasteiger partial charge < -0.3 is 16.0 Å². The van der Waals surface area contributed by atoms with E-state index in [1.54, 1.807) is 18.2 Å². The summed E-state index contributed by atoms with van der Waals surface area (Å²) in [5.41, 5.74) is 0.327. The number of hydrogen-bond acceptors (Lipinski definition) is 2. The van der Waals surface area contributed by atoms with Crippen molar-refractivity contribution in [3.05, 3.63) is 30.1 Å². The second kappa shape index (κ2) is 6.02. The van der Waals surface area contributed by atoms with Crippen LogP contribution >= 0.6 is 0 Å².